The molecule has 0 spiro atoms. The van der Waals surface area contributed by atoms with Crippen molar-refractivity contribution in [3.8, 4) is 6.07 Å². The zero-order valence-electron chi connectivity index (χ0n) is 13.1. The Labute approximate surface area is 145 Å². The molecule has 2 aromatic rings. The van der Waals surface area contributed by atoms with Crippen LogP contribution in [0.3, 0.4) is 0 Å². The Kier molecular flexibility index (Phi) is 4.97. The number of pyridine rings is 1. The molecule has 1 aromatic carbocycles. The third-order valence-electron chi connectivity index (χ3n) is 4.06. The molecule has 24 heavy (non-hydrogen) atoms. The predicted octanol–water partition coefficient (Wildman–Crippen LogP) is 3.34. The highest BCUT2D eigenvalue weighted by molar-refractivity contribution is 6.31. The van der Waals surface area contributed by atoms with Gasteiger partial charge in [0.25, 0.3) is 0 Å². The van der Waals surface area contributed by atoms with Gasteiger partial charge >= 0.3 is 0 Å². The lowest BCUT2D eigenvalue weighted by Crippen LogP contribution is -2.24. The fourth-order valence-corrected chi connectivity index (χ4v) is 2.91. The maximum Gasteiger partial charge on any atom is 0.222 e. The molecule has 1 fully saturated rings. The van der Waals surface area contributed by atoms with Crippen molar-refractivity contribution in [3.63, 3.8) is 0 Å². The predicted molar refractivity (Wildman–Crippen MR) is 92.4 cm³/mol. The van der Waals surface area contributed by atoms with Crippen molar-refractivity contribution in [1.82, 2.24) is 9.88 Å². The standard InChI is InChI=1S/C18H17ClN4O/c19-15-7-8-17(22-16(15)10-20)21-11-13-4-1-2-5-14(13)12-23-9-3-6-18(23)24/h1-2,4-5,7-8H,3,6,9,11-12H2,(H,21,22). The molecule has 122 valence electrons. The fourth-order valence-electron chi connectivity index (χ4n) is 2.77. The fraction of sp³-hybridized carbons (Fsp3) is 0.278. The Morgan fingerprint density at radius 3 is 2.75 bits per heavy atom. The van der Waals surface area contributed by atoms with Crippen LogP contribution < -0.4 is 5.32 Å². The van der Waals surface area contributed by atoms with E-state index < -0.39 is 0 Å². The number of amides is 1. The molecule has 0 atom stereocenters. The monoisotopic (exact) mass is 340 g/mol. The number of nitrogens with one attached hydrogen (secondary N) is 1. The van der Waals surface area contributed by atoms with Crippen molar-refractivity contribution in [3.05, 3.63) is 58.2 Å². The maximum absolute atomic E-state index is 11.8. The van der Waals surface area contributed by atoms with Crippen LogP contribution in [0, 0.1) is 11.3 Å². The number of anilines is 1. The van der Waals surface area contributed by atoms with Crippen LogP contribution in [0.15, 0.2) is 36.4 Å². The summed E-state index contributed by atoms with van der Waals surface area (Å²) in [5.74, 6) is 0.818. The largest absolute Gasteiger partial charge is 0.366 e. The van der Waals surface area contributed by atoms with E-state index in [1.807, 2.05) is 35.2 Å². The Morgan fingerprint density at radius 1 is 1.25 bits per heavy atom. The van der Waals surface area contributed by atoms with Crippen LogP contribution >= 0.6 is 11.6 Å². The Morgan fingerprint density at radius 2 is 2.04 bits per heavy atom. The topological polar surface area (TPSA) is 69.0 Å². The van der Waals surface area contributed by atoms with Gasteiger partial charge in [0.05, 0.1) is 5.02 Å². The van der Waals surface area contributed by atoms with Crippen molar-refractivity contribution in [2.24, 2.45) is 0 Å². The lowest BCUT2D eigenvalue weighted by Gasteiger charge is -2.18. The van der Waals surface area contributed by atoms with Gasteiger partial charge in [-0.3, -0.25) is 4.79 Å². The van der Waals surface area contributed by atoms with E-state index in [4.69, 9.17) is 16.9 Å². The number of aromatic nitrogens is 1. The van der Waals surface area contributed by atoms with Crippen LogP contribution in [0.2, 0.25) is 5.02 Å². The summed E-state index contributed by atoms with van der Waals surface area (Å²) in [5, 5.41) is 12.6. The molecule has 0 aliphatic carbocycles. The Balaban J connectivity index is 1.71. The molecule has 6 heteroatoms. The van der Waals surface area contributed by atoms with Gasteiger partial charge in [0, 0.05) is 26.1 Å². The number of nitrogens with zero attached hydrogens (tertiary/aromatic N) is 3. The molecule has 1 aromatic heterocycles. The van der Waals surface area contributed by atoms with Crippen molar-refractivity contribution >= 4 is 23.3 Å². The zero-order valence-corrected chi connectivity index (χ0v) is 13.9. The van der Waals surface area contributed by atoms with E-state index in [1.165, 1.54) is 0 Å². The molecule has 1 aliphatic heterocycles. The first-order valence-electron chi connectivity index (χ1n) is 7.82. The van der Waals surface area contributed by atoms with E-state index in [9.17, 15) is 4.79 Å². The Bertz CT molecular complexity index is 800. The summed E-state index contributed by atoms with van der Waals surface area (Å²) in [6, 6.07) is 13.4. The van der Waals surface area contributed by atoms with E-state index in [-0.39, 0.29) is 11.6 Å². The second-order valence-corrected chi connectivity index (χ2v) is 6.09. The smallest absolute Gasteiger partial charge is 0.222 e. The van der Waals surface area contributed by atoms with Gasteiger partial charge in [0.1, 0.15) is 11.9 Å². The SMILES string of the molecule is N#Cc1nc(NCc2ccccc2CN2CCCC2=O)ccc1Cl. The molecule has 0 unspecified atom stereocenters. The summed E-state index contributed by atoms with van der Waals surface area (Å²) in [6.45, 7) is 2.02. The van der Waals surface area contributed by atoms with Gasteiger partial charge in [-0.2, -0.15) is 5.26 Å². The highest BCUT2D eigenvalue weighted by Gasteiger charge is 2.20. The summed E-state index contributed by atoms with van der Waals surface area (Å²) in [7, 11) is 0. The zero-order chi connectivity index (χ0) is 16.9. The number of likely N-dealkylation sites (tertiary alicyclic amines) is 1. The summed E-state index contributed by atoms with van der Waals surface area (Å²) in [6.07, 6.45) is 1.58. The van der Waals surface area contributed by atoms with E-state index >= 15 is 0 Å². The van der Waals surface area contributed by atoms with Crippen molar-refractivity contribution in [2.75, 3.05) is 11.9 Å². The first-order valence-corrected chi connectivity index (χ1v) is 8.20. The molecule has 0 radical (unpaired) electrons. The van der Waals surface area contributed by atoms with Crippen molar-refractivity contribution < 1.29 is 4.79 Å². The summed E-state index contributed by atoms with van der Waals surface area (Å²) in [4.78, 5) is 17.9. The number of hydrogen-bond acceptors (Lipinski definition) is 4. The molecule has 1 saturated heterocycles. The van der Waals surface area contributed by atoms with Crippen molar-refractivity contribution in [1.29, 1.82) is 5.26 Å². The van der Waals surface area contributed by atoms with Crippen LogP contribution in [0.5, 0.6) is 0 Å². The molecule has 0 bridgehead atoms. The summed E-state index contributed by atoms with van der Waals surface area (Å²) < 4.78 is 0. The van der Waals surface area contributed by atoms with Crippen molar-refractivity contribution in [2.45, 2.75) is 25.9 Å². The molecule has 5 nitrogen and oxygen atoms in total. The number of carbonyl (C=O) groups is 1. The van der Waals surface area contributed by atoms with Gasteiger partial charge in [-0.1, -0.05) is 35.9 Å². The van der Waals surface area contributed by atoms with E-state index in [1.54, 1.807) is 12.1 Å². The van der Waals surface area contributed by atoms with E-state index in [2.05, 4.69) is 10.3 Å². The summed E-state index contributed by atoms with van der Waals surface area (Å²) >= 11 is 5.90. The van der Waals surface area contributed by atoms with Gasteiger partial charge in [-0.25, -0.2) is 4.98 Å². The van der Waals surface area contributed by atoms with E-state index in [0.29, 0.717) is 30.4 Å². The minimum atomic E-state index is 0.206. The normalized spacial score (nSPS) is 13.8. The number of hydrogen-bond donors (Lipinski definition) is 1. The molecule has 1 aliphatic rings. The molecule has 3 rings (SSSR count). The third-order valence-corrected chi connectivity index (χ3v) is 4.37. The van der Waals surface area contributed by atoms with Crippen LogP contribution in [-0.4, -0.2) is 22.3 Å². The van der Waals surface area contributed by atoms with Gasteiger partial charge in [-0.15, -0.1) is 0 Å². The quantitative estimate of drug-likeness (QED) is 0.906. The van der Waals surface area contributed by atoms with Crippen LogP contribution in [0.4, 0.5) is 5.82 Å². The molecule has 2 heterocycles. The lowest BCUT2D eigenvalue weighted by atomic mass is 10.1. The van der Waals surface area contributed by atoms with Crippen LogP contribution in [-0.2, 0) is 17.9 Å². The third kappa shape index (κ3) is 3.66. The van der Waals surface area contributed by atoms with Crippen LogP contribution in [0.1, 0.15) is 29.7 Å². The molecule has 1 amide bonds. The average molecular weight is 341 g/mol. The lowest BCUT2D eigenvalue weighted by molar-refractivity contribution is -0.128. The number of halogens is 1. The maximum atomic E-state index is 11.8. The minimum Gasteiger partial charge on any atom is -0.366 e. The highest BCUT2D eigenvalue weighted by atomic mass is 35.5. The molecular weight excluding hydrogens is 324 g/mol. The minimum absolute atomic E-state index is 0.206. The van der Waals surface area contributed by atoms with Gasteiger partial charge < -0.3 is 10.2 Å². The van der Waals surface area contributed by atoms with Crippen LogP contribution in [0.25, 0.3) is 0 Å². The van der Waals surface area contributed by atoms with Gasteiger partial charge in [0.15, 0.2) is 5.69 Å². The number of nitriles is 1. The molecule has 0 saturated carbocycles. The Hall–Kier alpha value is -2.58. The second kappa shape index (κ2) is 7.33. The average Bonchev–Trinajstić information content (AvgIpc) is 3.00. The first kappa shape index (κ1) is 16.3. The highest BCUT2D eigenvalue weighted by Crippen LogP contribution is 2.19. The van der Waals surface area contributed by atoms with Gasteiger partial charge in [-0.05, 0) is 29.7 Å². The number of benzene rings is 1. The van der Waals surface area contributed by atoms with Gasteiger partial charge in [0.2, 0.25) is 5.91 Å². The first-order chi connectivity index (χ1) is 11.7. The summed E-state index contributed by atoms with van der Waals surface area (Å²) in [5.41, 5.74) is 2.43. The molecule has 1 N–H and O–H groups in total. The second-order valence-electron chi connectivity index (χ2n) is 5.68. The molecular formula is C18H17ClN4O. The van der Waals surface area contributed by atoms with E-state index in [0.717, 1.165) is 24.1 Å². The number of rotatable bonds is 5. The number of carbonyl (C=O) groups excluding carboxylic acids is 1.